The number of carbonyl (C=O) groups is 3. The zero-order valence-corrected chi connectivity index (χ0v) is 25.9. The van der Waals surface area contributed by atoms with Gasteiger partial charge in [0, 0.05) is 5.02 Å². The lowest BCUT2D eigenvalue weighted by atomic mass is 10.1. The molecule has 1 fully saturated rings. The van der Waals surface area contributed by atoms with Crippen LogP contribution in [0.25, 0.3) is 6.08 Å². The number of ether oxygens (including phenoxy) is 3. The number of rotatable bonds is 10. The monoisotopic (exact) mass is 708 g/mol. The summed E-state index contributed by atoms with van der Waals surface area (Å²) in [5, 5.41) is 2.89. The molecule has 0 bridgehead atoms. The number of amides is 4. The summed E-state index contributed by atoms with van der Waals surface area (Å²) in [6.07, 6.45) is 1.43. The van der Waals surface area contributed by atoms with Crippen LogP contribution in [0.2, 0.25) is 5.02 Å². The number of halogens is 2. The first-order valence-electron chi connectivity index (χ1n) is 13.3. The van der Waals surface area contributed by atoms with E-state index < -0.39 is 17.8 Å². The van der Waals surface area contributed by atoms with Gasteiger partial charge in [-0.05, 0) is 101 Å². The Bertz CT molecular complexity index is 1670. The molecule has 4 aromatic rings. The van der Waals surface area contributed by atoms with Crippen molar-refractivity contribution in [3.8, 4) is 17.2 Å². The molecule has 1 N–H and O–H groups in total. The minimum absolute atomic E-state index is 0.197. The van der Waals surface area contributed by atoms with Crippen LogP contribution in [0.5, 0.6) is 17.2 Å². The van der Waals surface area contributed by atoms with E-state index in [0.29, 0.717) is 56.9 Å². The Labute approximate surface area is 267 Å². The maximum atomic E-state index is 13.5. The predicted molar refractivity (Wildman–Crippen MR) is 172 cm³/mol. The van der Waals surface area contributed by atoms with Crippen LogP contribution < -0.4 is 24.4 Å². The van der Waals surface area contributed by atoms with Gasteiger partial charge in [0.05, 0.1) is 15.9 Å². The van der Waals surface area contributed by atoms with E-state index >= 15 is 0 Å². The summed E-state index contributed by atoms with van der Waals surface area (Å²) in [7, 11) is 0. The maximum Gasteiger partial charge on any atom is 0.335 e. The molecule has 0 unspecified atom stereocenters. The molecule has 8 nitrogen and oxygen atoms in total. The molecule has 1 aliphatic rings. The van der Waals surface area contributed by atoms with Crippen molar-refractivity contribution >= 4 is 63.8 Å². The van der Waals surface area contributed by atoms with Crippen LogP contribution in [0.1, 0.15) is 23.6 Å². The number of hydrogen-bond acceptors (Lipinski definition) is 6. The highest BCUT2D eigenvalue weighted by molar-refractivity contribution is 14.1. The van der Waals surface area contributed by atoms with Crippen molar-refractivity contribution in [1.82, 2.24) is 5.32 Å². The van der Waals surface area contributed by atoms with E-state index in [0.717, 1.165) is 16.0 Å². The van der Waals surface area contributed by atoms with E-state index in [4.69, 9.17) is 25.8 Å². The SMILES string of the molecule is CCOc1cc(/C=C2\C(=O)NC(=O)N(c3ccc(OCc4ccccc4)cc3)C2=O)cc(I)c1OCc1ccc(Cl)cc1. The Kier molecular flexibility index (Phi) is 9.63. The standard InChI is InChI=1S/C33H26ClIN2O6/c1-2-41-29-18-23(17-28(35)30(29)43-20-22-8-10-24(34)11-9-22)16-27-31(38)36-33(40)37(32(27)39)25-12-14-26(15-13-25)42-19-21-6-4-3-5-7-21/h3-18H,2,19-20H2,1H3,(H,36,38,40)/b27-16+. The first-order chi connectivity index (χ1) is 20.8. The van der Waals surface area contributed by atoms with Crippen LogP contribution in [0.4, 0.5) is 10.5 Å². The number of imide groups is 2. The number of barbiturate groups is 1. The summed E-state index contributed by atoms with van der Waals surface area (Å²) < 4.78 is 18.4. The van der Waals surface area contributed by atoms with Gasteiger partial charge in [-0.3, -0.25) is 14.9 Å². The van der Waals surface area contributed by atoms with Gasteiger partial charge in [-0.15, -0.1) is 0 Å². The Balaban J connectivity index is 1.36. The fourth-order valence-corrected chi connectivity index (χ4v) is 5.21. The molecule has 5 rings (SSSR count). The van der Waals surface area contributed by atoms with Crippen molar-refractivity contribution in [3.05, 3.63) is 122 Å². The fraction of sp³-hybridized carbons (Fsp3) is 0.121. The number of nitrogens with one attached hydrogen (secondary N) is 1. The number of carbonyl (C=O) groups excluding carboxylic acids is 3. The molecule has 0 radical (unpaired) electrons. The molecule has 0 atom stereocenters. The second-order valence-corrected chi connectivity index (χ2v) is 11.0. The highest BCUT2D eigenvalue weighted by Gasteiger charge is 2.37. The predicted octanol–water partition coefficient (Wildman–Crippen LogP) is 7.17. The average Bonchev–Trinajstić information content (AvgIpc) is 3.00. The number of nitrogens with zero attached hydrogens (tertiary/aromatic N) is 1. The molecule has 1 aliphatic heterocycles. The van der Waals surface area contributed by atoms with E-state index in [1.165, 1.54) is 6.08 Å². The van der Waals surface area contributed by atoms with Gasteiger partial charge in [0.2, 0.25) is 0 Å². The zero-order chi connectivity index (χ0) is 30.3. The van der Waals surface area contributed by atoms with E-state index in [1.54, 1.807) is 48.5 Å². The summed E-state index contributed by atoms with van der Waals surface area (Å²) in [5.41, 5.74) is 2.57. The van der Waals surface area contributed by atoms with Crippen molar-refractivity contribution in [3.63, 3.8) is 0 Å². The molecule has 10 heteroatoms. The first-order valence-corrected chi connectivity index (χ1v) is 14.8. The highest BCUT2D eigenvalue weighted by Crippen LogP contribution is 2.36. The van der Waals surface area contributed by atoms with Crippen molar-refractivity contribution in [2.75, 3.05) is 11.5 Å². The van der Waals surface area contributed by atoms with Crippen molar-refractivity contribution in [2.45, 2.75) is 20.1 Å². The molecule has 43 heavy (non-hydrogen) atoms. The van der Waals surface area contributed by atoms with Gasteiger partial charge in [-0.2, -0.15) is 0 Å². The lowest BCUT2D eigenvalue weighted by Crippen LogP contribution is -2.54. The minimum atomic E-state index is -0.833. The van der Waals surface area contributed by atoms with Crippen LogP contribution in [0, 0.1) is 3.57 Å². The van der Waals surface area contributed by atoms with Crippen LogP contribution >= 0.6 is 34.2 Å². The molecule has 0 spiro atoms. The third kappa shape index (κ3) is 7.36. The molecule has 4 aromatic carbocycles. The van der Waals surface area contributed by atoms with E-state index in [2.05, 4.69) is 27.9 Å². The smallest absolute Gasteiger partial charge is 0.335 e. The molecule has 218 valence electrons. The Morgan fingerprint density at radius 1 is 0.837 bits per heavy atom. The zero-order valence-electron chi connectivity index (χ0n) is 23.0. The van der Waals surface area contributed by atoms with Gasteiger partial charge in [0.25, 0.3) is 11.8 Å². The van der Waals surface area contributed by atoms with Gasteiger partial charge in [-0.25, -0.2) is 9.69 Å². The Morgan fingerprint density at radius 2 is 1.51 bits per heavy atom. The van der Waals surface area contributed by atoms with Crippen molar-refractivity contribution in [1.29, 1.82) is 0 Å². The van der Waals surface area contributed by atoms with Crippen molar-refractivity contribution in [2.24, 2.45) is 0 Å². The lowest BCUT2D eigenvalue weighted by Gasteiger charge is -2.26. The minimum Gasteiger partial charge on any atom is -0.490 e. The average molecular weight is 709 g/mol. The summed E-state index contributed by atoms with van der Waals surface area (Å²) in [4.78, 5) is 39.9. The number of hydrogen-bond donors (Lipinski definition) is 1. The largest absolute Gasteiger partial charge is 0.490 e. The second-order valence-electron chi connectivity index (χ2n) is 9.40. The van der Waals surface area contributed by atoms with Gasteiger partial charge >= 0.3 is 6.03 Å². The quantitative estimate of drug-likeness (QED) is 0.107. The fourth-order valence-electron chi connectivity index (χ4n) is 4.30. The van der Waals surface area contributed by atoms with Crippen LogP contribution in [0.15, 0.2) is 96.6 Å². The third-order valence-corrected chi connectivity index (χ3v) is 7.44. The molecule has 0 aromatic heterocycles. The number of urea groups is 1. The van der Waals surface area contributed by atoms with E-state index in [-0.39, 0.29) is 5.57 Å². The summed E-state index contributed by atoms with van der Waals surface area (Å²) >= 11 is 8.10. The van der Waals surface area contributed by atoms with Crippen LogP contribution in [-0.4, -0.2) is 24.5 Å². The van der Waals surface area contributed by atoms with Crippen molar-refractivity contribution < 1.29 is 28.6 Å². The Morgan fingerprint density at radius 3 is 2.21 bits per heavy atom. The maximum absolute atomic E-state index is 13.5. The summed E-state index contributed by atoms with van der Waals surface area (Å²) in [6, 6.07) is 26.2. The third-order valence-electron chi connectivity index (χ3n) is 6.38. The van der Waals surface area contributed by atoms with E-state index in [1.807, 2.05) is 49.4 Å². The molecule has 0 saturated carbocycles. The van der Waals surface area contributed by atoms with Gasteiger partial charge in [0.15, 0.2) is 11.5 Å². The summed E-state index contributed by atoms with van der Waals surface area (Å²) in [5.74, 6) is 0.0248. The summed E-state index contributed by atoms with van der Waals surface area (Å²) in [6.45, 7) is 2.89. The molecule has 1 heterocycles. The molecule has 1 saturated heterocycles. The first kappa shape index (κ1) is 30.1. The van der Waals surface area contributed by atoms with E-state index in [9.17, 15) is 14.4 Å². The topological polar surface area (TPSA) is 94.2 Å². The normalized spacial score (nSPS) is 14.1. The van der Waals surface area contributed by atoms with Gasteiger partial charge in [-0.1, -0.05) is 54.1 Å². The molecular weight excluding hydrogens is 683 g/mol. The highest BCUT2D eigenvalue weighted by atomic mass is 127. The number of benzene rings is 4. The van der Waals surface area contributed by atoms with Gasteiger partial charge < -0.3 is 14.2 Å². The van der Waals surface area contributed by atoms with Crippen LogP contribution in [0.3, 0.4) is 0 Å². The molecule has 4 amide bonds. The molecule has 0 aliphatic carbocycles. The lowest BCUT2D eigenvalue weighted by molar-refractivity contribution is -0.122. The molecular formula is C33H26ClIN2O6. The van der Waals surface area contributed by atoms with Gasteiger partial charge in [0.1, 0.15) is 24.5 Å². The van der Waals surface area contributed by atoms with Crippen LogP contribution in [-0.2, 0) is 22.8 Å². The second kappa shape index (κ2) is 13.7. The number of anilines is 1. The Hall–Kier alpha value is -4.35.